The third-order valence-electron chi connectivity index (χ3n) is 3.42. The maximum atomic E-state index is 5.33. The summed E-state index contributed by atoms with van der Waals surface area (Å²) in [5, 5.41) is 0. The molecule has 1 saturated heterocycles. The third-order valence-corrected chi connectivity index (χ3v) is 3.95. The largest absolute Gasteiger partial charge is 0.380 e. The highest BCUT2D eigenvalue weighted by atomic mass is 79.9. The summed E-state index contributed by atoms with van der Waals surface area (Å²) >= 11 is 3.45. The molecule has 1 aliphatic heterocycles. The highest BCUT2D eigenvalue weighted by molar-refractivity contribution is 9.10. The van der Waals surface area contributed by atoms with Crippen molar-refractivity contribution in [2.75, 3.05) is 13.2 Å². The number of hydrogen-bond acceptors (Lipinski definition) is 1. The minimum absolute atomic E-state index is 0.479. The van der Waals surface area contributed by atoms with Gasteiger partial charge in [-0.2, -0.15) is 0 Å². The first kappa shape index (κ1) is 11.2. The van der Waals surface area contributed by atoms with E-state index in [0.717, 1.165) is 17.7 Å². The Morgan fingerprint density at radius 1 is 1.27 bits per heavy atom. The van der Waals surface area contributed by atoms with Crippen LogP contribution >= 0.6 is 15.9 Å². The van der Waals surface area contributed by atoms with Gasteiger partial charge in [0.05, 0.1) is 13.2 Å². The smallest absolute Gasteiger partial charge is 0.0544 e. The van der Waals surface area contributed by atoms with Gasteiger partial charge in [0.15, 0.2) is 0 Å². The van der Waals surface area contributed by atoms with Gasteiger partial charge in [0.25, 0.3) is 0 Å². The second-order valence-corrected chi connectivity index (χ2v) is 5.39. The predicted molar refractivity (Wildman–Crippen MR) is 66.0 cm³/mol. The molecule has 0 N–H and O–H groups in total. The van der Waals surface area contributed by atoms with E-state index in [1.165, 1.54) is 24.8 Å². The van der Waals surface area contributed by atoms with E-state index in [1.807, 2.05) is 0 Å². The summed E-state index contributed by atoms with van der Waals surface area (Å²) in [4.78, 5) is 0. The zero-order valence-electron chi connectivity index (χ0n) is 9.13. The molecule has 0 aromatic heterocycles. The van der Waals surface area contributed by atoms with E-state index in [9.17, 15) is 0 Å². The lowest BCUT2D eigenvalue weighted by Gasteiger charge is -2.41. The normalized spacial score (nSPS) is 18.5. The number of halogens is 1. The fourth-order valence-corrected chi connectivity index (χ4v) is 2.24. The Hall–Kier alpha value is -0.340. The maximum Gasteiger partial charge on any atom is 0.0544 e. The van der Waals surface area contributed by atoms with Crippen LogP contribution in [0.2, 0.25) is 0 Å². The number of ether oxygens (including phenoxy) is 1. The molecule has 0 spiro atoms. The second kappa shape index (κ2) is 4.67. The average molecular weight is 269 g/mol. The van der Waals surface area contributed by atoms with Crippen LogP contribution in [-0.4, -0.2) is 13.2 Å². The molecule has 1 aliphatic rings. The van der Waals surface area contributed by atoms with E-state index in [0.29, 0.717) is 5.41 Å². The maximum absolute atomic E-state index is 5.33. The average Bonchev–Trinajstić information content (AvgIpc) is 2.20. The van der Waals surface area contributed by atoms with Gasteiger partial charge in [0.1, 0.15) is 0 Å². The van der Waals surface area contributed by atoms with Crippen molar-refractivity contribution in [1.82, 2.24) is 0 Å². The van der Waals surface area contributed by atoms with Crippen molar-refractivity contribution in [3.63, 3.8) is 0 Å². The van der Waals surface area contributed by atoms with Crippen LogP contribution in [0, 0.1) is 5.41 Å². The van der Waals surface area contributed by atoms with E-state index in [1.54, 1.807) is 0 Å². The van der Waals surface area contributed by atoms with Crippen molar-refractivity contribution in [1.29, 1.82) is 0 Å². The molecular weight excluding hydrogens is 252 g/mol. The standard InChI is InChI=1S/C13H17BrO/c1-2-13(9-15-10-13)8-7-11-3-5-12(14)6-4-11/h3-6H,2,7-10H2,1H3. The van der Waals surface area contributed by atoms with Crippen LogP contribution in [0.5, 0.6) is 0 Å². The lowest BCUT2D eigenvalue weighted by atomic mass is 9.78. The Kier molecular flexibility index (Phi) is 3.47. The molecule has 2 heteroatoms. The monoisotopic (exact) mass is 268 g/mol. The van der Waals surface area contributed by atoms with Gasteiger partial charge in [0, 0.05) is 9.89 Å². The molecule has 0 radical (unpaired) electrons. The molecule has 0 saturated carbocycles. The first-order chi connectivity index (χ1) is 7.24. The molecule has 0 amide bonds. The van der Waals surface area contributed by atoms with E-state index < -0.39 is 0 Å². The molecule has 2 rings (SSSR count). The van der Waals surface area contributed by atoms with Crippen molar-refractivity contribution in [3.05, 3.63) is 34.3 Å². The molecule has 0 bridgehead atoms. The topological polar surface area (TPSA) is 9.23 Å². The van der Waals surface area contributed by atoms with Gasteiger partial charge in [-0.1, -0.05) is 35.0 Å². The summed E-state index contributed by atoms with van der Waals surface area (Å²) < 4.78 is 6.49. The number of rotatable bonds is 4. The van der Waals surface area contributed by atoms with Crippen LogP contribution in [-0.2, 0) is 11.2 Å². The van der Waals surface area contributed by atoms with Crippen molar-refractivity contribution >= 4 is 15.9 Å². The van der Waals surface area contributed by atoms with E-state index in [-0.39, 0.29) is 0 Å². The van der Waals surface area contributed by atoms with E-state index in [2.05, 4.69) is 47.1 Å². The van der Waals surface area contributed by atoms with Crippen LogP contribution in [0.25, 0.3) is 0 Å². The molecule has 1 aromatic carbocycles. The Morgan fingerprint density at radius 2 is 1.93 bits per heavy atom. The van der Waals surface area contributed by atoms with Gasteiger partial charge in [0.2, 0.25) is 0 Å². The summed E-state index contributed by atoms with van der Waals surface area (Å²) in [5.41, 5.74) is 1.91. The number of benzene rings is 1. The van der Waals surface area contributed by atoms with Gasteiger partial charge in [-0.15, -0.1) is 0 Å². The SMILES string of the molecule is CCC1(CCc2ccc(Br)cc2)COC1. The zero-order chi connectivity index (χ0) is 10.7. The fourth-order valence-electron chi connectivity index (χ4n) is 1.98. The van der Waals surface area contributed by atoms with Crippen molar-refractivity contribution in [3.8, 4) is 0 Å². The molecule has 0 atom stereocenters. The molecule has 0 unspecified atom stereocenters. The van der Waals surface area contributed by atoms with Gasteiger partial charge in [-0.3, -0.25) is 0 Å². The molecule has 1 fully saturated rings. The quantitative estimate of drug-likeness (QED) is 0.807. The summed E-state index contributed by atoms with van der Waals surface area (Å²) in [6.45, 7) is 4.18. The minimum Gasteiger partial charge on any atom is -0.380 e. The molecule has 0 aliphatic carbocycles. The highest BCUT2D eigenvalue weighted by Crippen LogP contribution is 2.36. The number of hydrogen-bond donors (Lipinski definition) is 0. The van der Waals surface area contributed by atoms with Crippen LogP contribution in [0.4, 0.5) is 0 Å². The van der Waals surface area contributed by atoms with Crippen LogP contribution < -0.4 is 0 Å². The summed E-state index contributed by atoms with van der Waals surface area (Å²) in [5.74, 6) is 0. The second-order valence-electron chi connectivity index (χ2n) is 4.47. The van der Waals surface area contributed by atoms with Crippen molar-refractivity contribution in [2.24, 2.45) is 5.41 Å². The third kappa shape index (κ3) is 2.61. The van der Waals surface area contributed by atoms with Gasteiger partial charge in [-0.05, 0) is 37.0 Å². The Labute approximate surface area is 100.0 Å². The molecular formula is C13H17BrO. The van der Waals surface area contributed by atoms with Crippen LogP contribution in [0.3, 0.4) is 0 Å². The fraction of sp³-hybridized carbons (Fsp3) is 0.538. The minimum atomic E-state index is 0.479. The first-order valence-corrected chi connectivity index (χ1v) is 6.36. The van der Waals surface area contributed by atoms with Crippen molar-refractivity contribution in [2.45, 2.75) is 26.2 Å². The van der Waals surface area contributed by atoms with Gasteiger partial charge >= 0.3 is 0 Å². The zero-order valence-corrected chi connectivity index (χ0v) is 10.7. The lowest BCUT2D eigenvalue weighted by Crippen LogP contribution is -2.42. The van der Waals surface area contributed by atoms with Crippen molar-refractivity contribution < 1.29 is 4.74 Å². The first-order valence-electron chi connectivity index (χ1n) is 5.56. The van der Waals surface area contributed by atoms with Crippen LogP contribution in [0.1, 0.15) is 25.3 Å². The van der Waals surface area contributed by atoms with E-state index in [4.69, 9.17) is 4.74 Å². The molecule has 15 heavy (non-hydrogen) atoms. The van der Waals surface area contributed by atoms with Crippen LogP contribution in [0.15, 0.2) is 28.7 Å². The summed E-state index contributed by atoms with van der Waals surface area (Å²) in [6, 6.07) is 8.64. The molecule has 1 heterocycles. The predicted octanol–water partition coefficient (Wildman–Crippen LogP) is 3.81. The van der Waals surface area contributed by atoms with Gasteiger partial charge < -0.3 is 4.74 Å². The summed E-state index contributed by atoms with van der Waals surface area (Å²) in [7, 11) is 0. The lowest BCUT2D eigenvalue weighted by molar-refractivity contribution is -0.119. The number of aryl methyl sites for hydroxylation is 1. The molecule has 82 valence electrons. The Morgan fingerprint density at radius 3 is 2.40 bits per heavy atom. The molecule has 1 aromatic rings. The van der Waals surface area contributed by atoms with E-state index >= 15 is 0 Å². The Bertz CT molecular complexity index is 308. The molecule has 1 nitrogen and oxygen atoms in total. The Balaban J connectivity index is 1.90. The highest BCUT2D eigenvalue weighted by Gasteiger charge is 2.35. The summed E-state index contributed by atoms with van der Waals surface area (Å²) in [6.07, 6.45) is 3.67. The van der Waals surface area contributed by atoms with Gasteiger partial charge in [-0.25, -0.2) is 0 Å².